The zero-order chi connectivity index (χ0) is 7.82. The number of methoxy groups -OCH3 is 2. The van der Waals surface area contributed by atoms with Crippen molar-refractivity contribution in [3.05, 3.63) is 12.2 Å². The average Bonchev–Trinajstić information content (AvgIpc) is 1.99. The van der Waals surface area contributed by atoms with Gasteiger partial charge in [-0.3, -0.25) is 0 Å². The van der Waals surface area contributed by atoms with Gasteiger partial charge < -0.3 is 9.47 Å². The molecule has 2 nitrogen and oxygen atoms in total. The van der Waals surface area contributed by atoms with Gasteiger partial charge in [-0.1, -0.05) is 19.1 Å². The van der Waals surface area contributed by atoms with Crippen LogP contribution in [0.2, 0.25) is 0 Å². The lowest BCUT2D eigenvalue weighted by Gasteiger charge is -2.09. The van der Waals surface area contributed by atoms with E-state index in [2.05, 4.69) is 19.1 Å². The minimum atomic E-state index is -0.0807. The minimum Gasteiger partial charge on any atom is -0.356 e. The summed E-state index contributed by atoms with van der Waals surface area (Å²) in [6.07, 6.45) is 5.99. The van der Waals surface area contributed by atoms with Crippen LogP contribution in [0.1, 0.15) is 19.8 Å². The van der Waals surface area contributed by atoms with Gasteiger partial charge in [-0.2, -0.15) is 0 Å². The third-order valence-corrected chi connectivity index (χ3v) is 1.26. The van der Waals surface area contributed by atoms with Crippen molar-refractivity contribution in [2.24, 2.45) is 0 Å². The Morgan fingerprint density at radius 2 is 1.80 bits per heavy atom. The predicted octanol–water partition coefficient (Wildman–Crippen LogP) is 1.96. The largest absolute Gasteiger partial charge is 0.356 e. The molecule has 0 aromatic rings. The van der Waals surface area contributed by atoms with Gasteiger partial charge in [0.25, 0.3) is 0 Å². The molecule has 0 amide bonds. The zero-order valence-corrected chi connectivity index (χ0v) is 6.96. The molecule has 0 aromatic heterocycles. The van der Waals surface area contributed by atoms with E-state index >= 15 is 0 Å². The summed E-state index contributed by atoms with van der Waals surface area (Å²) in [6.45, 7) is 2.10. The van der Waals surface area contributed by atoms with Crippen molar-refractivity contribution >= 4 is 0 Å². The van der Waals surface area contributed by atoms with Crippen LogP contribution in [0.3, 0.4) is 0 Å². The Morgan fingerprint density at radius 1 is 1.20 bits per heavy atom. The third kappa shape index (κ3) is 4.53. The van der Waals surface area contributed by atoms with Crippen molar-refractivity contribution in [2.45, 2.75) is 26.1 Å². The number of ether oxygens (including phenoxy) is 2. The lowest BCUT2D eigenvalue weighted by molar-refractivity contribution is -0.0986. The van der Waals surface area contributed by atoms with Gasteiger partial charge in [0.05, 0.1) is 0 Å². The molecule has 0 atom stereocenters. The predicted molar refractivity (Wildman–Crippen MR) is 41.9 cm³/mol. The van der Waals surface area contributed by atoms with Crippen molar-refractivity contribution in [1.29, 1.82) is 0 Å². The Kier molecular flexibility index (Phi) is 6.55. The van der Waals surface area contributed by atoms with Gasteiger partial charge in [0.2, 0.25) is 0 Å². The highest BCUT2D eigenvalue weighted by atomic mass is 16.7. The molecule has 0 spiro atoms. The molecule has 0 rings (SSSR count). The highest BCUT2D eigenvalue weighted by Crippen LogP contribution is 1.98. The molecule has 0 bridgehead atoms. The molecule has 0 unspecified atom stereocenters. The van der Waals surface area contributed by atoms with Crippen LogP contribution in [0.25, 0.3) is 0 Å². The second-order valence-corrected chi connectivity index (χ2v) is 2.02. The Morgan fingerprint density at radius 3 is 2.20 bits per heavy atom. The molecule has 0 aliphatic heterocycles. The lowest BCUT2D eigenvalue weighted by Crippen LogP contribution is -2.10. The number of hydrogen-bond donors (Lipinski definition) is 0. The molecule has 0 aliphatic rings. The summed E-state index contributed by atoms with van der Waals surface area (Å²) in [6, 6.07) is 0. The molecule has 0 saturated carbocycles. The average molecular weight is 144 g/mol. The van der Waals surface area contributed by atoms with E-state index in [0.29, 0.717) is 0 Å². The van der Waals surface area contributed by atoms with E-state index in [4.69, 9.17) is 9.47 Å². The van der Waals surface area contributed by atoms with E-state index in [0.717, 1.165) is 12.8 Å². The van der Waals surface area contributed by atoms with Crippen LogP contribution in [0.15, 0.2) is 12.2 Å². The first kappa shape index (κ1) is 9.66. The normalized spacial score (nSPS) is 11.6. The molecule has 0 radical (unpaired) electrons. The lowest BCUT2D eigenvalue weighted by atomic mass is 10.3. The summed E-state index contributed by atoms with van der Waals surface area (Å²) in [4.78, 5) is 0. The van der Waals surface area contributed by atoms with Crippen molar-refractivity contribution < 1.29 is 9.47 Å². The van der Waals surface area contributed by atoms with Crippen molar-refractivity contribution in [3.63, 3.8) is 0 Å². The van der Waals surface area contributed by atoms with E-state index in [9.17, 15) is 0 Å². The first-order valence-corrected chi connectivity index (χ1v) is 3.55. The first-order chi connectivity index (χ1) is 4.85. The van der Waals surface area contributed by atoms with Crippen LogP contribution in [-0.4, -0.2) is 20.5 Å². The molecule has 60 valence electrons. The van der Waals surface area contributed by atoms with Gasteiger partial charge in [0.15, 0.2) is 6.29 Å². The summed E-state index contributed by atoms with van der Waals surface area (Å²) in [5, 5.41) is 0. The molecule has 0 aromatic carbocycles. The SMILES string of the molecule is CC/C=C\CC(OC)OC. The number of hydrogen-bond acceptors (Lipinski definition) is 2. The maximum Gasteiger partial charge on any atom is 0.160 e. The number of rotatable bonds is 5. The smallest absolute Gasteiger partial charge is 0.160 e. The molecular weight excluding hydrogens is 128 g/mol. The highest BCUT2D eigenvalue weighted by Gasteiger charge is 1.99. The summed E-state index contributed by atoms with van der Waals surface area (Å²) in [5.41, 5.74) is 0. The second-order valence-electron chi connectivity index (χ2n) is 2.02. The topological polar surface area (TPSA) is 18.5 Å². The second kappa shape index (κ2) is 6.78. The van der Waals surface area contributed by atoms with Gasteiger partial charge in [-0.25, -0.2) is 0 Å². The van der Waals surface area contributed by atoms with E-state index < -0.39 is 0 Å². The molecule has 0 saturated heterocycles. The summed E-state index contributed by atoms with van der Waals surface area (Å²) >= 11 is 0. The zero-order valence-electron chi connectivity index (χ0n) is 6.96. The molecule has 0 N–H and O–H groups in total. The Hall–Kier alpha value is -0.340. The van der Waals surface area contributed by atoms with Crippen molar-refractivity contribution in [1.82, 2.24) is 0 Å². The van der Waals surface area contributed by atoms with Gasteiger partial charge in [-0.15, -0.1) is 0 Å². The van der Waals surface area contributed by atoms with Crippen LogP contribution in [-0.2, 0) is 9.47 Å². The van der Waals surface area contributed by atoms with Crippen LogP contribution < -0.4 is 0 Å². The standard InChI is InChI=1S/C8H16O2/c1-4-5-6-7-8(9-2)10-3/h5-6,8H,4,7H2,1-3H3/b6-5-. The molecule has 2 heteroatoms. The van der Waals surface area contributed by atoms with Crippen LogP contribution >= 0.6 is 0 Å². The summed E-state index contributed by atoms with van der Waals surface area (Å²) < 4.78 is 9.95. The quantitative estimate of drug-likeness (QED) is 0.434. The molecule has 0 aliphatic carbocycles. The molecule has 0 heterocycles. The Balaban J connectivity index is 3.34. The summed E-state index contributed by atoms with van der Waals surface area (Å²) in [5.74, 6) is 0. The fourth-order valence-corrected chi connectivity index (χ4v) is 0.663. The monoisotopic (exact) mass is 144 g/mol. The van der Waals surface area contributed by atoms with Crippen molar-refractivity contribution in [3.8, 4) is 0 Å². The van der Waals surface area contributed by atoms with Gasteiger partial charge >= 0.3 is 0 Å². The van der Waals surface area contributed by atoms with Crippen LogP contribution in [0.5, 0.6) is 0 Å². The maximum atomic E-state index is 4.97. The maximum absolute atomic E-state index is 4.97. The number of allylic oxidation sites excluding steroid dienone is 1. The van der Waals surface area contributed by atoms with E-state index in [1.165, 1.54) is 0 Å². The van der Waals surface area contributed by atoms with E-state index in [-0.39, 0.29) is 6.29 Å². The van der Waals surface area contributed by atoms with Crippen molar-refractivity contribution in [2.75, 3.05) is 14.2 Å². The minimum absolute atomic E-state index is 0.0807. The molecule has 0 fully saturated rings. The Bertz CT molecular complexity index is 85.3. The highest BCUT2D eigenvalue weighted by molar-refractivity contribution is 4.80. The van der Waals surface area contributed by atoms with Gasteiger partial charge in [0.1, 0.15) is 0 Å². The fourth-order valence-electron chi connectivity index (χ4n) is 0.663. The fraction of sp³-hybridized carbons (Fsp3) is 0.750. The first-order valence-electron chi connectivity index (χ1n) is 3.55. The molecule has 10 heavy (non-hydrogen) atoms. The molecular formula is C8H16O2. The third-order valence-electron chi connectivity index (χ3n) is 1.26. The van der Waals surface area contributed by atoms with Gasteiger partial charge in [-0.05, 0) is 6.42 Å². The van der Waals surface area contributed by atoms with Crippen LogP contribution in [0.4, 0.5) is 0 Å². The summed E-state index contributed by atoms with van der Waals surface area (Å²) in [7, 11) is 3.29. The van der Waals surface area contributed by atoms with Gasteiger partial charge in [0, 0.05) is 20.6 Å². The van der Waals surface area contributed by atoms with E-state index in [1.54, 1.807) is 14.2 Å². The Labute approximate surface area is 62.8 Å². The van der Waals surface area contributed by atoms with Crippen LogP contribution in [0, 0.1) is 0 Å². The van der Waals surface area contributed by atoms with E-state index in [1.807, 2.05) is 0 Å².